The van der Waals surface area contributed by atoms with E-state index in [2.05, 4.69) is 11.1 Å². The van der Waals surface area contributed by atoms with Crippen LogP contribution in [0.4, 0.5) is 0 Å². The minimum Gasteiger partial charge on any atom is -0.507 e. The van der Waals surface area contributed by atoms with Gasteiger partial charge < -0.3 is 5.11 Å². The van der Waals surface area contributed by atoms with Crippen molar-refractivity contribution in [3.05, 3.63) is 48.2 Å². The van der Waals surface area contributed by atoms with Crippen LogP contribution in [0.5, 0.6) is 5.75 Å². The molecule has 0 aliphatic rings. The summed E-state index contributed by atoms with van der Waals surface area (Å²) in [5.41, 5.74) is 0.563. The molecule has 3 nitrogen and oxygen atoms in total. The largest absolute Gasteiger partial charge is 0.507 e. The average Bonchev–Trinajstić information content (AvgIpc) is 2.32. The highest BCUT2D eigenvalue weighted by Gasteiger charge is 2.03. The first-order chi connectivity index (χ1) is 7.79. The molecule has 78 valence electrons. The normalized spacial score (nSPS) is 9.69. The molecule has 0 amide bonds. The smallest absolute Gasteiger partial charge is 0.129 e. The van der Waals surface area contributed by atoms with Crippen LogP contribution >= 0.6 is 11.8 Å². The quantitative estimate of drug-likeness (QED) is 0.858. The van der Waals surface area contributed by atoms with E-state index < -0.39 is 0 Å². The van der Waals surface area contributed by atoms with E-state index in [4.69, 9.17) is 5.26 Å². The Morgan fingerprint density at radius 2 is 2.06 bits per heavy atom. The lowest BCUT2D eigenvalue weighted by Gasteiger charge is -2.02. The van der Waals surface area contributed by atoms with Crippen LogP contribution in [0.15, 0.2) is 52.5 Å². The summed E-state index contributed by atoms with van der Waals surface area (Å²) in [5.74, 6) is 0.219. The molecule has 16 heavy (non-hydrogen) atoms. The number of hydrogen-bond donors (Lipinski definition) is 1. The van der Waals surface area contributed by atoms with E-state index in [-0.39, 0.29) is 5.75 Å². The summed E-state index contributed by atoms with van der Waals surface area (Å²) in [6, 6.07) is 12.4. The molecule has 1 N–H and O–H groups in total. The van der Waals surface area contributed by atoms with Gasteiger partial charge in [-0.15, -0.1) is 0 Å². The first kappa shape index (κ1) is 10.5. The Kier molecular flexibility index (Phi) is 3.08. The van der Waals surface area contributed by atoms with E-state index in [0.717, 1.165) is 4.90 Å². The fourth-order valence-corrected chi connectivity index (χ4v) is 2.03. The van der Waals surface area contributed by atoms with Crippen LogP contribution in [0, 0.1) is 11.3 Å². The number of hydrogen-bond acceptors (Lipinski definition) is 4. The van der Waals surface area contributed by atoms with Crippen molar-refractivity contribution in [2.45, 2.75) is 9.92 Å². The minimum absolute atomic E-state index is 0.219. The van der Waals surface area contributed by atoms with Crippen molar-refractivity contribution in [3.8, 4) is 11.8 Å². The summed E-state index contributed by atoms with van der Waals surface area (Å²) in [6.07, 6.45) is 1.58. The van der Waals surface area contributed by atoms with Crippen LogP contribution in [-0.4, -0.2) is 10.1 Å². The molecule has 0 saturated carbocycles. The van der Waals surface area contributed by atoms with Gasteiger partial charge in [0, 0.05) is 6.20 Å². The molecule has 0 aliphatic carbocycles. The molecule has 2 rings (SSSR count). The molecule has 1 aromatic heterocycles. The molecule has 4 heteroatoms. The monoisotopic (exact) mass is 228 g/mol. The van der Waals surface area contributed by atoms with Gasteiger partial charge in [-0.25, -0.2) is 4.98 Å². The Labute approximate surface area is 97.4 Å². The Balaban J connectivity index is 2.28. The summed E-state index contributed by atoms with van der Waals surface area (Å²) in [5, 5.41) is 19.0. The Hall–Kier alpha value is -1.99. The molecule has 0 radical (unpaired) electrons. The maximum absolute atomic E-state index is 9.58. The van der Waals surface area contributed by atoms with Gasteiger partial charge in [0.05, 0.1) is 16.5 Å². The molecular formula is C12H8N2OS. The van der Waals surface area contributed by atoms with Gasteiger partial charge in [0.1, 0.15) is 10.8 Å². The van der Waals surface area contributed by atoms with Crippen molar-refractivity contribution in [2.24, 2.45) is 0 Å². The zero-order valence-electron chi connectivity index (χ0n) is 8.29. The van der Waals surface area contributed by atoms with Gasteiger partial charge in [0.15, 0.2) is 0 Å². The average molecular weight is 228 g/mol. The third kappa shape index (κ3) is 2.33. The molecular weight excluding hydrogens is 220 g/mol. The number of para-hydroxylation sites is 1. The maximum atomic E-state index is 9.58. The first-order valence-corrected chi connectivity index (χ1v) is 5.43. The summed E-state index contributed by atoms with van der Waals surface area (Å²) < 4.78 is 0. The lowest BCUT2D eigenvalue weighted by atomic mass is 10.3. The molecule has 1 aromatic carbocycles. The summed E-state index contributed by atoms with van der Waals surface area (Å²) in [6.45, 7) is 0. The number of nitriles is 1. The fourth-order valence-electron chi connectivity index (χ4n) is 1.19. The predicted octanol–water partition coefficient (Wildman–Crippen LogP) is 2.81. The molecule has 1 heterocycles. The first-order valence-electron chi connectivity index (χ1n) is 4.61. The van der Waals surface area contributed by atoms with Gasteiger partial charge in [-0.1, -0.05) is 23.9 Å². The van der Waals surface area contributed by atoms with Gasteiger partial charge in [0.2, 0.25) is 0 Å². The standard InChI is InChI=1S/C12H8N2OS/c13-8-9-5-6-14-12(7-9)16-11-4-2-1-3-10(11)15/h1-7,15H. The van der Waals surface area contributed by atoms with Crippen molar-refractivity contribution in [3.63, 3.8) is 0 Å². The van der Waals surface area contributed by atoms with Crippen LogP contribution in [0.25, 0.3) is 0 Å². The number of pyridine rings is 1. The van der Waals surface area contributed by atoms with Gasteiger partial charge >= 0.3 is 0 Å². The minimum atomic E-state index is 0.219. The predicted molar refractivity (Wildman–Crippen MR) is 61.2 cm³/mol. The van der Waals surface area contributed by atoms with Crippen LogP contribution in [0.3, 0.4) is 0 Å². The van der Waals surface area contributed by atoms with Crippen molar-refractivity contribution >= 4 is 11.8 Å². The fraction of sp³-hybridized carbons (Fsp3) is 0. The molecule has 0 spiro atoms. The molecule has 0 fully saturated rings. The van der Waals surface area contributed by atoms with Crippen molar-refractivity contribution in [1.82, 2.24) is 4.98 Å². The number of phenolic OH excluding ortho intramolecular Hbond substituents is 1. The number of aromatic hydroxyl groups is 1. The second-order valence-corrected chi connectivity index (χ2v) is 4.13. The van der Waals surface area contributed by atoms with E-state index in [1.807, 2.05) is 6.07 Å². The second kappa shape index (κ2) is 4.69. The number of nitrogens with zero attached hydrogens (tertiary/aromatic N) is 2. The van der Waals surface area contributed by atoms with Crippen molar-refractivity contribution in [2.75, 3.05) is 0 Å². The SMILES string of the molecule is N#Cc1ccnc(Sc2ccccc2O)c1. The second-order valence-electron chi connectivity index (χ2n) is 3.06. The van der Waals surface area contributed by atoms with E-state index in [9.17, 15) is 5.11 Å². The third-order valence-corrected chi connectivity index (χ3v) is 2.94. The lowest BCUT2D eigenvalue weighted by Crippen LogP contribution is -1.82. The van der Waals surface area contributed by atoms with Crippen molar-refractivity contribution in [1.29, 1.82) is 5.26 Å². The molecule has 0 atom stereocenters. The maximum Gasteiger partial charge on any atom is 0.129 e. The molecule has 2 aromatic rings. The molecule has 0 bridgehead atoms. The van der Waals surface area contributed by atoms with Crippen LogP contribution in [0.1, 0.15) is 5.56 Å². The lowest BCUT2D eigenvalue weighted by molar-refractivity contribution is 0.462. The highest BCUT2D eigenvalue weighted by molar-refractivity contribution is 7.99. The van der Waals surface area contributed by atoms with E-state index in [1.54, 1.807) is 36.5 Å². The highest BCUT2D eigenvalue weighted by atomic mass is 32.2. The van der Waals surface area contributed by atoms with Gasteiger partial charge in [-0.2, -0.15) is 5.26 Å². The van der Waals surface area contributed by atoms with Crippen molar-refractivity contribution < 1.29 is 5.11 Å². The Bertz CT molecular complexity index is 549. The van der Waals surface area contributed by atoms with Gasteiger partial charge in [-0.3, -0.25) is 0 Å². The zero-order chi connectivity index (χ0) is 11.4. The number of benzene rings is 1. The zero-order valence-corrected chi connectivity index (χ0v) is 9.11. The van der Waals surface area contributed by atoms with Gasteiger partial charge in [0.25, 0.3) is 0 Å². The third-order valence-electron chi connectivity index (χ3n) is 1.94. The summed E-state index contributed by atoms with van der Waals surface area (Å²) in [4.78, 5) is 4.85. The topological polar surface area (TPSA) is 56.9 Å². The Morgan fingerprint density at radius 1 is 1.25 bits per heavy atom. The van der Waals surface area contributed by atoms with E-state index in [1.165, 1.54) is 11.8 Å². The van der Waals surface area contributed by atoms with Gasteiger partial charge in [-0.05, 0) is 24.3 Å². The molecule has 0 aliphatic heterocycles. The molecule has 0 saturated heterocycles. The molecule has 0 unspecified atom stereocenters. The van der Waals surface area contributed by atoms with Crippen LogP contribution in [0.2, 0.25) is 0 Å². The Morgan fingerprint density at radius 3 is 2.81 bits per heavy atom. The number of aromatic nitrogens is 1. The van der Waals surface area contributed by atoms with E-state index >= 15 is 0 Å². The van der Waals surface area contributed by atoms with Crippen LogP contribution < -0.4 is 0 Å². The van der Waals surface area contributed by atoms with Crippen LogP contribution in [-0.2, 0) is 0 Å². The van der Waals surface area contributed by atoms with E-state index in [0.29, 0.717) is 10.6 Å². The summed E-state index contributed by atoms with van der Waals surface area (Å²) in [7, 11) is 0. The highest BCUT2D eigenvalue weighted by Crippen LogP contribution is 2.32. The summed E-state index contributed by atoms with van der Waals surface area (Å²) >= 11 is 1.33. The number of rotatable bonds is 2. The number of phenols is 1.